The van der Waals surface area contributed by atoms with Gasteiger partial charge in [-0.05, 0) is 38.2 Å². The summed E-state index contributed by atoms with van der Waals surface area (Å²) in [6, 6.07) is 0. The Morgan fingerprint density at radius 2 is 1.16 bits per heavy atom. The van der Waals surface area contributed by atoms with E-state index in [1.807, 2.05) is 6.08 Å². The number of aliphatic hydroxyl groups excluding tert-OH is 1. The monoisotopic (exact) mass is 264 g/mol. The molecule has 0 aromatic heterocycles. The summed E-state index contributed by atoms with van der Waals surface area (Å²) in [5, 5.41) is 8.43. The van der Waals surface area contributed by atoms with Crippen molar-refractivity contribution in [2.45, 2.75) is 77.6 Å². The van der Waals surface area contributed by atoms with Gasteiger partial charge in [-0.25, -0.2) is 0 Å². The zero-order valence-electron chi connectivity index (χ0n) is 12.7. The van der Waals surface area contributed by atoms with Crippen LogP contribution in [0, 0.1) is 0 Å². The average molecular weight is 264 g/mol. The summed E-state index contributed by atoms with van der Waals surface area (Å²) in [5.41, 5.74) is 0. The molecule has 0 saturated heterocycles. The molecule has 0 aliphatic heterocycles. The molecule has 1 N–H and O–H groups in total. The smallest absolute Gasteiger partial charge is 0.0791 e. The van der Waals surface area contributed by atoms with Crippen LogP contribution in [0.4, 0.5) is 0 Å². The molecule has 0 bridgehead atoms. The summed E-state index contributed by atoms with van der Waals surface area (Å²) < 4.78 is 0. The lowest BCUT2D eigenvalue weighted by atomic mass is 10.1. The molecule has 0 rings (SSSR count). The molecule has 0 spiro atoms. The fourth-order valence-electron chi connectivity index (χ4n) is 2.09. The highest BCUT2D eigenvalue weighted by atomic mass is 16.2. The molecule has 0 aromatic rings. The summed E-state index contributed by atoms with van der Waals surface area (Å²) in [4.78, 5) is 0. The molecule has 0 aliphatic carbocycles. The van der Waals surface area contributed by atoms with E-state index in [1.54, 1.807) is 6.08 Å². The first-order valence-electron chi connectivity index (χ1n) is 8.02. The van der Waals surface area contributed by atoms with Crippen molar-refractivity contribution in [3.8, 4) is 0 Å². The van der Waals surface area contributed by atoms with Gasteiger partial charge in [0.25, 0.3) is 0 Å². The second-order valence-electron chi connectivity index (χ2n) is 5.06. The average Bonchev–Trinajstić information content (AvgIpc) is 2.43. The molecular weight excluding hydrogens is 232 g/mol. The van der Waals surface area contributed by atoms with Crippen molar-refractivity contribution in [2.24, 2.45) is 0 Å². The predicted octanol–water partition coefficient (Wildman–Crippen LogP) is 6.48. The molecule has 0 aliphatic rings. The second-order valence-corrected chi connectivity index (χ2v) is 5.06. The van der Waals surface area contributed by atoms with Crippen LogP contribution in [0.1, 0.15) is 77.6 Å². The van der Waals surface area contributed by atoms with E-state index in [9.17, 15) is 0 Å². The SMILES string of the molecule is CCC=CCCCCCCCCCCC=CC=CO. The van der Waals surface area contributed by atoms with E-state index in [0.29, 0.717) is 0 Å². The van der Waals surface area contributed by atoms with Crippen molar-refractivity contribution in [1.29, 1.82) is 0 Å². The van der Waals surface area contributed by atoms with E-state index >= 15 is 0 Å². The van der Waals surface area contributed by atoms with Crippen LogP contribution in [0.3, 0.4) is 0 Å². The van der Waals surface area contributed by atoms with Gasteiger partial charge in [0.1, 0.15) is 0 Å². The Bertz CT molecular complexity index is 238. The summed E-state index contributed by atoms with van der Waals surface area (Å²) in [7, 11) is 0. The third-order valence-electron chi connectivity index (χ3n) is 3.23. The topological polar surface area (TPSA) is 20.2 Å². The molecular formula is C18H32O. The minimum Gasteiger partial charge on any atom is -0.516 e. The Morgan fingerprint density at radius 1 is 0.632 bits per heavy atom. The summed E-state index contributed by atoms with van der Waals surface area (Å²) >= 11 is 0. The normalized spacial score (nSPS) is 12.3. The molecule has 0 unspecified atom stereocenters. The van der Waals surface area contributed by atoms with Crippen molar-refractivity contribution in [2.75, 3.05) is 0 Å². The number of hydrogen-bond acceptors (Lipinski definition) is 1. The van der Waals surface area contributed by atoms with E-state index in [4.69, 9.17) is 5.11 Å². The van der Waals surface area contributed by atoms with Crippen molar-refractivity contribution in [1.82, 2.24) is 0 Å². The maximum absolute atomic E-state index is 8.43. The van der Waals surface area contributed by atoms with Crippen LogP contribution in [0.25, 0.3) is 0 Å². The van der Waals surface area contributed by atoms with Crippen LogP contribution in [-0.4, -0.2) is 5.11 Å². The fourth-order valence-corrected chi connectivity index (χ4v) is 2.09. The lowest BCUT2D eigenvalue weighted by molar-refractivity contribution is 0.473. The summed E-state index contributed by atoms with van der Waals surface area (Å²) in [5.74, 6) is 0. The molecule has 0 saturated carbocycles. The minimum absolute atomic E-state index is 1.08. The van der Waals surface area contributed by atoms with Gasteiger partial charge in [-0.2, -0.15) is 0 Å². The van der Waals surface area contributed by atoms with Gasteiger partial charge in [-0.15, -0.1) is 0 Å². The van der Waals surface area contributed by atoms with Crippen LogP contribution in [0.5, 0.6) is 0 Å². The van der Waals surface area contributed by atoms with Crippen LogP contribution in [0.15, 0.2) is 36.6 Å². The Hall–Kier alpha value is -0.980. The molecule has 0 fully saturated rings. The molecule has 1 nitrogen and oxygen atoms in total. The Balaban J connectivity index is 3.04. The molecule has 0 radical (unpaired) electrons. The van der Waals surface area contributed by atoms with Crippen molar-refractivity contribution < 1.29 is 5.11 Å². The largest absolute Gasteiger partial charge is 0.516 e. The predicted molar refractivity (Wildman–Crippen MR) is 86.5 cm³/mol. The Kier molecular flexibility index (Phi) is 16.1. The van der Waals surface area contributed by atoms with E-state index in [0.717, 1.165) is 12.7 Å². The highest BCUT2D eigenvalue weighted by molar-refractivity contribution is 4.98. The zero-order valence-corrected chi connectivity index (χ0v) is 12.7. The molecule has 0 atom stereocenters. The molecule has 110 valence electrons. The van der Waals surface area contributed by atoms with Gasteiger partial charge in [0, 0.05) is 0 Å². The third kappa shape index (κ3) is 17.0. The highest BCUT2D eigenvalue weighted by Gasteiger charge is 1.91. The number of unbranched alkanes of at least 4 members (excludes halogenated alkanes) is 9. The quantitative estimate of drug-likeness (QED) is 0.175. The van der Waals surface area contributed by atoms with Crippen molar-refractivity contribution in [3.05, 3.63) is 36.6 Å². The lowest BCUT2D eigenvalue weighted by Crippen LogP contribution is -1.81. The number of rotatable bonds is 13. The first kappa shape index (κ1) is 18.0. The number of hydrogen-bond donors (Lipinski definition) is 1. The highest BCUT2D eigenvalue weighted by Crippen LogP contribution is 2.11. The van der Waals surface area contributed by atoms with Gasteiger partial charge < -0.3 is 5.11 Å². The number of allylic oxidation sites excluding steroid dienone is 5. The summed E-state index contributed by atoms with van der Waals surface area (Å²) in [6.45, 7) is 2.19. The maximum atomic E-state index is 8.43. The van der Waals surface area contributed by atoms with Gasteiger partial charge in [0.15, 0.2) is 0 Å². The molecule has 1 heteroatoms. The first-order valence-corrected chi connectivity index (χ1v) is 8.02. The van der Waals surface area contributed by atoms with Gasteiger partial charge in [0.2, 0.25) is 0 Å². The fraction of sp³-hybridized carbons (Fsp3) is 0.667. The molecule has 19 heavy (non-hydrogen) atoms. The van der Waals surface area contributed by atoms with Gasteiger partial charge in [-0.3, -0.25) is 0 Å². The van der Waals surface area contributed by atoms with E-state index < -0.39 is 0 Å². The minimum atomic E-state index is 1.08. The Labute approximate surface area is 120 Å². The molecule has 0 aromatic carbocycles. The lowest BCUT2D eigenvalue weighted by Gasteiger charge is -2.00. The van der Waals surface area contributed by atoms with Gasteiger partial charge in [0.05, 0.1) is 6.26 Å². The first-order chi connectivity index (χ1) is 9.41. The zero-order chi connectivity index (χ0) is 14.0. The van der Waals surface area contributed by atoms with E-state index in [2.05, 4.69) is 25.2 Å². The van der Waals surface area contributed by atoms with Crippen LogP contribution < -0.4 is 0 Å². The molecule has 0 amide bonds. The summed E-state index contributed by atoms with van der Waals surface area (Å²) in [6.07, 6.45) is 25.9. The third-order valence-corrected chi connectivity index (χ3v) is 3.23. The molecule has 0 heterocycles. The van der Waals surface area contributed by atoms with Crippen LogP contribution in [0.2, 0.25) is 0 Å². The number of aliphatic hydroxyl groups is 1. The van der Waals surface area contributed by atoms with Crippen molar-refractivity contribution in [3.63, 3.8) is 0 Å². The second kappa shape index (κ2) is 17.0. The van der Waals surface area contributed by atoms with Crippen LogP contribution >= 0.6 is 0 Å². The van der Waals surface area contributed by atoms with E-state index in [-0.39, 0.29) is 0 Å². The van der Waals surface area contributed by atoms with E-state index in [1.165, 1.54) is 64.2 Å². The van der Waals surface area contributed by atoms with Gasteiger partial charge >= 0.3 is 0 Å². The van der Waals surface area contributed by atoms with Gasteiger partial charge in [-0.1, -0.05) is 69.8 Å². The maximum Gasteiger partial charge on any atom is 0.0791 e. The van der Waals surface area contributed by atoms with Crippen LogP contribution in [-0.2, 0) is 0 Å². The standard InChI is InChI=1S/C18H32O/c1-2-3-4-5-6-7-8-9-10-11-12-13-14-15-16-17-18-19/h3-4,15-19H,2,5-14H2,1H3. The Morgan fingerprint density at radius 3 is 1.68 bits per heavy atom. The van der Waals surface area contributed by atoms with Crippen molar-refractivity contribution >= 4 is 0 Å².